The fourth-order valence-corrected chi connectivity index (χ4v) is 1.13. The second-order valence-corrected chi connectivity index (χ2v) is 3.45. The smallest absolute Gasteiger partial charge is 0.337 e. The lowest BCUT2D eigenvalue weighted by Crippen LogP contribution is -2.07. The molecule has 1 rings (SSSR count). The van der Waals surface area contributed by atoms with E-state index in [1.807, 2.05) is 6.92 Å². The van der Waals surface area contributed by atoms with Crippen LogP contribution < -0.4 is 5.32 Å². The highest BCUT2D eigenvalue weighted by molar-refractivity contribution is 5.89. The molecule has 0 aliphatic carbocycles. The van der Waals surface area contributed by atoms with Crippen LogP contribution >= 0.6 is 0 Å². The van der Waals surface area contributed by atoms with Crippen molar-refractivity contribution in [3.8, 4) is 0 Å². The molecule has 0 saturated heterocycles. The zero-order chi connectivity index (χ0) is 11.4. The highest BCUT2D eigenvalue weighted by Gasteiger charge is 2.07. The maximum Gasteiger partial charge on any atom is 0.337 e. The van der Waals surface area contributed by atoms with Gasteiger partial charge in [0.1, 0.15) is 5.82 Å². The zero-order valence-corrected chi connectivity index (χ0v) is 8.87. The van der Waals surface area contributed by atoms with Crippen molar-refractivity contribution in [3.63, 3.8) is 0 Å². The summed E-state index contributed by atoms with van der Waals surface area (Å²) in [4.78, 5) is 14.9. The number of rotatable bonds is 4. The molecule has 0 bridgehead atoms. The van der Waals surface area contributed by atoms with E-state index >= 15 is 0 Å². The molecule has 4 heteroatoms. The van der Waals surface area contributed by atoms with Gasteiger partial charge in [-0.1, -0.05) is 12.2 Å². The average molecular weight is 206 g/mol. The van der Waals surface area contributed by atoms with E-state index in [1.165, 1.54) is 0 Å². The highest BCUT2D eigenvalue weighted by atomic mass is 16.4. The lowest BCUT2D eigenvalue weighted by atomic mass is 10.2. The van der Waals surface area contributed by atoms with E-state index in [4.69, 9.17) is 5.11 Å². The van der Waals surface area contributed by atoms with Crippen molar-refractivity contribution in [1.82, 2.24) is 4.98 Å². The molecule has 1 aromatic rings. The van der Waals surface area contributed by atoms with Crippen LogP contribution in [0.5, 0.6) is 0 Å². The molecule has 0 atom stereocenters. The Bertz CT molecular complexity index is 400. The van der Waals surface area contributed by atoms with Crippen LogP contribution in [0.1, 0.15) is 23.0 Å². The lowest BCUT2D eigenvalue weighted by Gasteiger charge is -2.07. The minimum Gasteiger partial charge on any atom is -0.478 e. The number of hydrogen-bond acceptors (Lipinski definition) is 3. The van der Waals surface area contributed by atoms with Gasteiger partial charge in [0.15, 0.2) is 0 Å². The number of aromatic nitrogens is 1. The van der Waals surface area contributed by atoms with E-state index < -0.39 is 5.97 Å². The van der Waals surface area contributed by atoms with Crippen LogP contribution in [0.2, 0.25) is 0 Å². The summed E-state index contributed by atoms with van der Waals surface area (Å²) in [6, 6.07) is 3.20. The largest absolute Gasteiger partial charge is 0.478 e. The van der Waals surface area contributed by atoms with Gasteiger partial charge in [-0.3, -0.25) is 0 Å². The van der Waals surface area contributed by atoms with Gasteiger partial charge in [0.05, 0.1) is 11.3 Å². The molecule has 1 aromatic heterocycles. The average Bonchev–Trinajstić information content (AvgIpc) is 2.14. The van der Waals surface area contributed by atoms with E-state index in [1.54, 1.807) is 19.1 Å². The predicted molar refractivity (Wildman–Crippen MR) is 59.2 cm³/mol. The summed E-state index contributed by atoms with van der Waals surface area (Å²) in [5, 5.41) is 11.8. The third kappa shape index (κ3) is 3.09. The number of aromatic carboxylic acids is 1. The minimum atomic E-state index is -0.952. The predicted octanol–water partition coefficient (Wildman–Crippen LogP) is 2.08. The Hall–Kier alpha value is -1.84. The number of nitrogens with one attached hydrogen (secondary N) is 1. The molecule has 0 fully saturated rings. The van der Waals surface area contributed by atoms with Gasteiger partial charge in [-0.2, -0.15) is 0 Å². The van der Waals surface area contributed by atoms with Gasteiger partial charge in [0.25, 0.3) is 0 Å². The van der Waals surface area contributed by atoms with Crippen LogP contribution in [0.3, 0.4) is 0 Å². The molecular formula is C11H14N2O2. The van der Waals surface area contributed by atoms with E-state index in [0.29, 0.717) is 18.1 Å². The van der Waals surface area contributed by atoms with Gasteiger partial charge in [0.2, 0.25) is 0 Å². The molecule has 0 aliphatic rings. The molecule has 0 spiro atoms. The second kappa shape index (κ2) is 4.59. The number of carboxylic acid groups (broad SMARTS) is 1. The second-order valence-electron chi connectivity index (χ2n) is 3.45. The van der Waals surface area contributed by atoms with Crippen molar-refractivity contribution in [3.05, 3.63) is 35.5 Å². The molecule has 15 heavy (non-hydrogen) atoms. The number of anilines is 1. The first-order valence-corrected chi connectivity index (χ1v) is 4.60. The minimum absolute atomic E-state index is 0.232. The van der Waals surface area contributed by atoms with Crippen molar-refractivity contribution in [2.24, 2.45) is 0 Å². The van der Waals surface area contributed by atoms with Crippen LogP contribution in [0.15, 0.2) is 24.3 Å². The Balaban J connectivity index is 2.82. The Morgan fingerprint density at radius 1 is 1.60 bits per heavy atom. The number of aryl methyl sites for hydroxylation is 1. The first kappa shape index (κ1) is 11.2. The Labute approximate surface area is 88.7 Å². The van der Waals surface area contributed by atoms with Crippen LogP contribution in [0.4, 0.5) is 5.82 Å². The monoisotopic (exact) mass is 206 g/mol. The van der Waals surface area contributed by atoms with E-state index in [2.05, 4.69) is 16.9 Å². The van der Waals surface area contributed by atoms with E-state index in [-0.39, 0.29) is 5.56 Å². The third-order valence-corrected chi connectivity index (χ3v) is 1.89. The summed E-state index contributed by atoms with van der Waals surface area (Å²) < 4.78 is 0. The van der Waals surface area contributed by atoms with Gasteiger partial charge in [0, 0.05) is 6.54 Å². The van der Waals surface area contributed by atoms with Crippen molar-refractivity contribution < 1.29 is 9.90 Å². The third-order valence-electron chi connectivity index (χ3n) is 1.89. The normalized spacial score (nSPS) is 9.73. The molecule has 80 valence electrons. The summed E-state index contributed by atoms with van der Waals surface area (Å²) >= 11 is 0. The van der Waals surface area contributed by atoms with Crippen LogP contribution in [0, 0.1) is 6.92 Å². The maximum atomic E-state index is 10.7. The standard InChI is InChI=1S/C11H14N2O2/c1-7(2)6-12-10-5-4-9(11(14)15)8(3)13-10/h4-5H,1,6H2,2-3H3,(H,12,13)(H,14,15). The number of carboxylic acids is 1. The van der Waals surface area contributed by atoms with Gasteiger partial charge in [-0.15, -0.1) is 0 Å². The van der Waals surface area contributed by atoms with Gasteiger partial charge >= 0.3 is 5.97 Å². The molecular weight excluding hydrogens is 192 g/mol. The van der Waals surface area contributed by atoms with Crippen LogP contribution in [0.25, 0.3) is 0 Å². The molecule has 0 aliphatic heterocycles. The summed E-state index contributed by atoms with van der Waals surface area (Å²) in [6.45, 7) is 7.98. The number of carbonyl (C=O) groups is 1. The van der Waals surface area contributed by atoms with E-state index in [9.17, 15) is 4.79 Å². The Morgan fingerprint density at radius 3 is 2.73 bits per heavy atom. The fraction of sp³-hybridized carbons (Fsp3) is 0.273. The molecule has 0 aromatic carbocycles. The number of hydrogen-bond donors (Lipinski definition) is 2. The van der Waals surface area contributed by atoms with Crippen molar-refractivity contribution in [2.45, 2.75) is 13.8 Å². The molecule has 0 saturated carbocycles. The molecule has 2 N–H and O–H groups in total. The summed E-state index contributed by atoms with van der Waals surface area (Å²) in [7, 11) is 0. The molecule has 0 amide bonds. The Morgan fingerprint density at radius 2 is 2.27 bits per heavy atom. The van der Waals surface area contributed by atoms with Gasteiger partial charge in [-0.25, -0.2) is 9.78 Å². The summed E-state index contributed by atoms with van der Waals surface area (Å²) in [6.07, 6.45) is 0. The van der Waals surface area contributed by atoms with Crippen LogP contribution in [-0.2, 0) is 0 Å². The SMILES string of the molecule is C=C(C)CNc1ccc(C(=O)O)c(C)n1. The topological polar surface area (TPSA) is 62.2 Å². The van der Waals surface area contributed by atoms with Crippen molar-refractivity contribution >= 4 is 11.8 Å². The molecule has 4 nitrogen and oxygen atoms in total. The first-order valence-electron chi connectivity index (χ1n) is 4.60. The molecule has 1 heterocycles. The zero-order valence-electron chi connectivity index (χ0n) is 8.87. The first-order chi connectivity index (χ1) is 7.00. The van der Waals surface area contributed by atoms with E-state index in [0.717, 1.165) is 5.57 Å². The van der Waals surface area contributed by atoms with Gasteiger partial charge in [-0.05, 0) is 26.0 Å². The van der Waals surface area contributed by atoms with Crippen LogP contribution in [-0.4, -0.2) is 22.6 Å². The van der Waals surface area contributed by atoms with Crippen molar-refractivity contribution in [1.29, 1.82) is 0 Å². The maximum absolute atomic E-state index is 10.7. The fourth-order valence-electron chi connectivity index (χ4n) is 1.13. The number of nitrogens with zero attached hydrogens (tertiary/aromatic N) is 1. The lowest BCUT2D eigenvalue weighted by molar-refractivity contribution is 0.0695. The summed E-state index contributed by atoms with van der Waals surface area (Å²) in [5.74, 6) is -0.285. The van der Waals surface area contributed by atoms with Crippen molar-refractivity contribution in [2.75, 3.05) is 11.9 Å². The quantitative estimate of drug-likeness (QED) is 0.740. The molecule has 0 radical (unpaired) electrons. The highest BCUT2D eigenvalue weighted by Crippen LogP contribution is 2.10. The van der Waals surface area contributed by atoms with Gasteiger partial charge < -0.3 is 10.4 Å². The summed E-state index contributed by atoms with van der Waals surface area (Å²) in [5.41, 5.74) is 1.74. The Kier molecular flexibility index (Phi) is 3.44. The number of pyridine rings is 1. The molecule has 0 unspecified atom stereocenters.